The van der Waals surface area contributed by atoms with Crippen molar-refractivity contribution in [3.63, 3.8) is 0 Å². The van der Waals surface area contributed by atoms with Crippen LogP contribution in [0.4, 0.5) is 5.69 Å². The van der Waals surface area contributed by atoms with Crippen LogP contribution in [0.2, 0.25) is 0 Å². The second-order valence-corrected chi connectivity index (χ2v) is 7.00. The van der Waals surface area contributed by atoms with Gasteiger partial charge in [-0.3, -0.25) is 4.79 Å². The smallest absolute Gasteiger partial charge is 0.262 e. The number of hydrogen-bond donors (Lipinski definition) is 2. The number of halogens is 1. The second kappa shape index (κ2) is 5.20. The average molecular weight is 354 g/mol. The molecule has 0 aliphatic carbocycles. The molecule has 20 heavy (non-hydrogen) atoms. The van der Waals surface area contributed by atoms with E-state index in [9.17, 15) is 9.90 Å². The van der Waals surface area contributed by atoms with Gasteiger partial charge >= 0.3 is 0 Å². The highest BCUT2D eigenvalue weighted by molar-refractivity contribution is 9.11. The number of ether oxygens (including phenoxy) is 1. The van der Waals surface area contributed by atoms with Crippen molar-refractivity contribution < 1.29 is 14.6 Å². The van der Waals surface area contributed by atoms with E-state index in [1.54, 1.807) is 12.1 Å². The molecule has 1 aromatic carbocycles. The van der Waals surface area contributed by atoms with E-state index in [-0.39, 0.29) is 12.5 Å². The number of rotatable bonds is 2. The maximum Gasteiger partial charge on any atom is 0.262 e. The van der Waals surface area contributed by atoms with Crippen LogP contribution in [0.25, 0.3) is 0 Å². The number of thiophene rings is 1. The summed E-state index contributed by atoms with van der Waals surface area (Å²) in [7, 11) is 0. The Bertz CT molecular complexity index is 664. The first kappa shape index (κ1) is 13.6. The van der Waals surface area contributed by atoms with Crippen molar-refractivity contribution in [1.82, 2.24) is 0 Å². The normalized spacial score (nSPS) is 15.2. The summed E-state index contributed by atoms with van der Waals surface area (Å²) in [5.74, 6) is 0.447. The van der Waals surface area contributed by atoms with Crippen molar-refractivity contribution in [2.24, 2.45) is 0 Å². The Labute approximate surface area is 128 Å². The van der Waals surface area contributed by atoms with Crippen LogP contribution in [-0.2, 0) is 4.79 Å². The molecule has 0 radical (unpaired) electrons. The Hall–Kier alpha value is -1.37. The van der Waals surface area contributed by atoms with Crippen LogP contribution in [0.5, 0.6) is 5.75 Å². The van der Waals surface area contributed by atoms with Crippen molar-refractivity contribution in [3.05, 3.63) is 44.1 Å². The van der Waals surface area contributed by atoms with Crippen LogP contribution in [0, 0.1) is 6.92 Å². The van der Waals surface area contributed by atoms with E-state index >= 15 is 0 Å². The van der Waals surface area contributed by atoms with Crippen molar-refractivity contribution in [3.8, 4) is 5.75 Å². The molecule has 0 saturated heterocycles. The molecule has 1 aliphatic heterocycles. The van der Waals surface area contributed by atoms with E-state index in [2.05, 4.69) is 21.2 Å². The Balaban J connectivity index is 1.94. The highest BCUT2D eigenvalue weighted by Gasteiger charge is 2.20. The fraction of sp³-hybridized carbons (Fsp3) is 0.214. The lowest BCUT2D eigenvalue weighted by Gasteiger charge is -2.19. The van der Waals surface area contributed by atoms with Gasteiger partial charge in [0.2, 0.25) is 0 Å². The molecule has 2 aromatic rings. The molecule has 104 valence electrons. The fourth-order valence-corrected chi connectivity index (χ4v) is 3.64. The number of aryl methyl sites for hydroxylation is 1. The second-order valence-electron chi connectivity index (χ2n) is 4.60. The third-order valence-electron chi connectivity index (χ3n) is 3.10. The van der Waals surface area contributed by atoms with E-state index in [1.807, 2.05) is 19.1 Å². The molecule has 6 heteroatoms. The quantitative estimate of drug-likeness (QED) is 0.871. The van der Waals surface area contributed by atoms with Crippen molar-refractivity contribution >= 4 is 38.9 Å². The number of fused-ring (bicyclic) bond motifs is 1. The zero-order valence-electron chi connectivity index (χ0n) is 10.6. The fourth-order valence-electron chi connectivity index (χ4n) is 2.05. The molecular weight excluding hydrogens is 342 g/mol. The standard InChI is InChI=1S/C14H12BrNO3S/c1-7-4-11(20-14(7)15)13(18)8-2-3-10-9(5-8)16-12(17)6-19-10/h2-5,13,18H,6H2,1H3,(H,16,17). The summed E-state index contributed by atoms with van der Waals surface area (Å²) in [4.78, 5) is 12.2. The predicted octanol–water partition coefficient (Wildman–Crippen LogP) is 3.23. The van der Waals surface area contributed by atoms with Crippen LogP contribution in [0.3, 0.4) is 0 Å². The minimum Gasteiger partial charge on any atom is -0.482 e. The molecule has 0 fully saturated rings. The summed E-state index contributed by atoms with van der Waals surface area (Å²) in [6.45, 7) is 2.02. The van der Waals surface area contributed by atoms with Gasteiger partial charge in [-0.25, -0.2) is 0 Å². The van der Waals surface area contributed by atoms with Gasteiger partial charge in [0, 0.05) is 4.88 Å². The zero-order valence-corrected chi connectivity index (χ0v) is 13.0. The molecule has 1 atom stereocenters. The van der Waals surface area contributed by atoms with E-state index in [0.717, 1.165) is 19.8 Å². The van der Waals surface area contributed by atoms with Crippen molar-refractivity contribution in [2.45, 2.75) is 13.0 Å². The molecule has 1 amide bonds. The van der Waals surface area contributed by atoms with Crippen LogP contribution in [0.1, 0.15) is 22.1 Å². The summed E-state index contributed by atoms with van der Waals surface area (Å²) in [6, 6.07) is 7.28. The summed E-state index contributed by atoms with van der Waals surface area (Å²) < 4.78 is 6.32. The van der Waals surface area contributed by atoms with Gasteiger partial charge in [-0.15, -0.1) is 11.3 Å². The van der Waals surface area contributed by atoms with E-state index < -0.39 is 6.10 Å². The van der Waals surface area contributed by atoms with Gasteiger partial charge in [0.25, 0.3) is 5.91 Å². The number of aliphatic hydroxyl groups excluding tert-OH is 1. The zero-order chi connectivity index (χ0) is 14.3. The van der Waals surface area contributed by atoms with Crippen molar-refractivity contribution in [1.29, 1.82) is 0 Å². The molecule has 3 rings (SSSR count). The van der Waals surface area contributed by atoms with Crippen LogP contribution in [-0.4, -0.2) is 17.6 Å². The number of hydrogen-bond acceptors (Lipinski definition) is 4. The third kappa shape index (κ3) is 2.46. The number of anilines is 1. The molecular formula is C14H12BrNO3S. The Morgan fingerprint density at radius 1 is 1.45 bits per heavy atom. The molecule has 0 saturated carbocycles. The molecule has 2 heterocycles. The lowest BCUT2D eigenvalue weighted by Crippen LogP contribution is -2.25. The van der Waals surface area contributed by atoms with Gasteiger partial charge in [-0.1, -0.05) is 6.07 Å². The van der Waals surface area contributed by atoms with Crippen LogP contribution < -0.4 is 10.1 Å². The first-order valence-electron chi connectivity index (χ1n) is 6.05. The molecule has 2 N–H and O–H groups in total. The monoisotopic (exact) mass is 353 g/mol. The van der Waals surface area contributed by atoms with Crippen LogP contribution in [0.15, 0.2) is 28.1 Å². The van der Waals surface area contributed by atoms with E-state index in [4.69, 9.17) is 4.74 Å². The van der Waals surface area contributed by atoms with Gasteiger partial charge in [-0.05, 0) is 52.2 Å². The average Bonchev–Trinajstić information content (AvgIpc) is 2.77. The lowest BCUT2D eigenvalue weighted by molar-refractivity contribution is -0.118. The van der Waals surface area contributed by atoms with E-state index in [1.165, 1.54) is 11.3 Å². The minimum absolute atomic E-state index is 0.0337. The number of nitrogens with one attached hydrogen (secondary N) is 1. The minimum atomic E-state index is -0.714. The van der Waals surface area contributed by atoms with Crippen LogP contribution >= 0.6 is 27.3 Å². The largest absolute Gasteiger partial charge is 0.482 e. The molecule has 4 nitrogen and oxygen atoms in total. The molecule has 0 bridgehead atoms. The summed E-state index contributed by atoms with van der Waals surface area (Å²) in [5, 5.41) is 13.2. The van der Waals surface area contributed by atoms with Gasteiger partial charge in [-0.2, -0.15) is 0 Å². The Morgan fingerprint density at radius 2 is 2.25 bits per heavy atom. The highest BCUT2D eigenvalue weighted by Crippen LogP contribution is 2.37. The number of carbonyl (C=O) groups is 1. The van der Waals surface area contributed by atoms with Gasteiger partial charge < -0.3 is 15.2 Å². The Kier molecular flexibility index (Phi) is 3.54. The molecule has 0 spiro atoms. The summed E-state index contributed by atoms with van der Waals surface area (Å²) in [6.07, 6.45) is -0.714. The highest BCUT2D eigenvalue weighted by atomic mass is 79.9. The number of carbonyl (C=O) groups excluding carboxylic acids is 1. The maximum atomic E-state index is 11.3. The SMILES string of the molecule is Cc1cc(C(O)c2ccc3c(c2)NC(=O)CO3)sc1Br. The van der Waals surface area contributed by atoms with Gasteiger partial charge in [0.15, 0.2) is 6.61 Å². The Morgan fingerprint density at radius 3 is 2.95 bits per heavy atom. The van der Waals surface area contributed by atoms with Gasteiger partial charge in [0.1, 0.15) is 11.9 Å². The molecule has 1 aliphatic rings. The van der Waals surface area contributed by atoms with Crippen molar-refractivity contribution in [2.75, 3.05) is 11.9 Å². The summed E-state index contributed by atoms with van der Waals surface area (Å²) >= 11 is 4.96. The number of amides is 1. The predicted molar refractivity (Wildman–Crippen MR) is 81.4 cm³/mol. The third-order valence-corrected chi connectivity index (χ3v) is 5.29. The lowest BCUT2D eigenvalue weighted by atomic mass is 10.1. The number of aliphatic hydroxyl groups is 1. The molecule has 1 aromatic heterocycles. The molecule has 1 unspecified atom stereocenters. The summed E-state index contributed by atoms with van der Waals surface area (Å²) in [5.41, 5.74) is 2.42. The van der Waals surface area contributed by atoms with E-state index in [0.29, 0.717) is 11.4 Å². The maximum absolute atomic E-state index is 11.3. The topological polar surface area (TPSA) is 58.6 Å². The van der Waals surface area contributed by atoms with Gasteiger partial charge in [0.05, 0.1) is 9.47 Å². The first-order chi connectivity index (χ1) is 9.54. The first-order valence-corrected chi connectivity index (χ1v) is 7.66. The number of benzene rings is 1.